The number of aliphatic hydroxyl groups excluding tert-OH is 2. The van der Waals surface area contributed by atoms with E-state index in [1.807, 2.05) is 0 Å². The van der Waals surface area contributed by atoms with Crippen LogP contribution in [0.25, 0.3) is 22.4 Å². The van der Waals surface area contributed by atoms with E-state index in [1.165, 1.54) is 17.2 Å². The van der Waals surface area contributed by atoms with Crippen LogP contribution in [0.3, 0.4) is 0 Å². The lowest BCUT2D eigenvalue weighted by molar-refractivity contribution is -0.112. The van der Waals surface area contributed by atoms with Crippen molar-refractivity contribution in [3.05, 3.63) is 46.7 Å². The summed E-state index contributed by atoms with van der Waals surface area (Å²) < 4.78 is 3.07. The van der Waals surface area contributed by atoms with E-state index in [-0.39, 0.29) is 16.9 Å². The topological polar surface area (TPSA) is 149 Å². The molecule has 0 radical (unpaired) electrons. The molecule has 4 aromatic rings. The number of allylic oxidation sites excluding steroid dienone is 2. The standard InChI is InChI=1S/C15H12N8O3/c1-5-7(14-18-16-3-22(14)20-5)9-11(24)10(13(26)12(9)25)8-6(2)21-23-4-17-19-15(8)23/h3-4,20-21,24H,1-2H3,(H,25,26). The number of aromatic nitrogens is 8. The summed E-state index contributed by atoms with van der Waals surface area (Å²) in [6.45, 7) is 3.49. The van der Waals surface area contributed by atoms with Gasteiger partial charge in [-0.15, -0.1) is 20.4 Å². The van der Waals surface area contributed by atoms with Crippen molar-refractivity contribution in [2.75, 3.05) is 0 Å². The molecule has 0 fully saturated rings. The predicted molar refractivity (Wildman–Crippen MR) is 88.3 cm³/mol. The first-order chi connectivity index (χ1) is 12.5. The minimum Gasteiger partial charge on any atom is -0.506 e. The van der Waals surface area contributed by atoms with Crippen LogP contribution in [0.4, 0.5) is 0 Å². The zero-order valence-electron chi connectivity index (χ0n) is 13.6. The molecule has 0 bridgehead atoms. The van der Waals surface area contributed by atoms with Gasteiger partial charge in [-0.25, -0.2) is 9.03 Å². The van der Waals surface area contributed by atoms with Crippen molar-refractivity contribution in [3.8, 4) is 0 Å². The van der Waals surface area contributed by atoms with E-state index in [9.17, 15) is 15.0 Å². The van der Waals surface area contributed by atoms with Gasteiger partial charge in [-0.3, -0.25) is 15.0 Å². The third-order valence-corrected chi connectivity index (χ3v) is 4.52. The van der Waals surface area contributed by atoms with Crippen molar-refractivity contribution in [2.45, 2.75) is 13.8 Å². The number of hydrogen-bond acceptors (Lipinski definition) is 7. The van der Waals surface area contributed by atoms with E-state index in [2.05, 4.69) is 30.6 Å². The Balaban J connectivity index is 1.81. The van der Waals surface area contributed by atoms with Crippen LogP contribution in [0.5, 0.6) is 0 Å². The monoisotopic (exact) mass is 352 g/mol. The number of hydrogen-bond donors (Lipinski definition) is 4. The van der Waals surface area contributed by atoms with E-state index in [0.717, 1.165) is 0 Å². The summed E-state index contributed by atoms with van der Waals surface area (Å²) in [5.41, 5.74) is 2.77. The van der Waals surface area contributed by atoms with Gasteiger partial charge in [-0.05, 0) is 13.8 Å². The molecule has 1 aliphatic rings. The van der Waals surface area contributed by atoms with Gasteiger partial charge in [-0.2, -0.15) is 0 Å². The SMILES string of the molecule is Cc1[nH]n2cnnc2c1C1=C(O)C(c2c(C)[nH]n3cnnc23)=C(O)C1=O. The number of Topliss-reactive ketones (excluding diaryl/α,β-unsaturated/α-hetero) is 1. The second-order valence-electron chi connectivity index (χ2n) is 6.05. The molecule has 5 rings (SSSR count). The van der Waals surface area contributed by atoms with Gasteiger partial charge in [0.25, 0.3) is 0 Å². The van der Waals surface area contributed by atoms with Gasteiger partial charge < -0.3 is 10.2 Å². The first-order valence-corrected chi connectivity index (χ1v) is 7.68. The molecule has 0 amide bonds. The van der Waals surface area contributed by atoms with Gasteiger partial charge in [0.2, 0.25) is 5.78 Å². The number of aryl methyl sites for hydroxylation is 2. The second-order valence-corrected chi connectivity index (χ2v) is 6.05. The highest BCUT2D eigenvalue weighted by Crippen LogP contribution is 2.42. The Labute approximate surface area is 144 Å². The summed E-state index contributed by atoms with van der Waals surface area (Å²) in [7, 11) is 0. The van der Waals surface area contributed by atoms with E-state index in [0.29, 0.717) is 33.8 Å². The average molecular weight is 352 g/mol. The minimum absolute atomic E-state index is 0.0139. The number of H-pyrrole nitrogens is 2. The fraction of sp³-hybridized carbons (Fsp3) is 0.133. The van der Waals surface area contributed by atoms with Gasteiger partial charge in [0.15, 0.2) is 17.1 Å². The van der Waals surface area contributed by atoms with Gasteiger partial charge in [0.05, 0.1) is 22.3 Å². The van der Waals surface area contributed by atoms with Crippen molar-refractivity contribution in [1.82, 2.24) is 39.6 Å². The summed E-state index contributed by atoms with van der Waals surface area (Å²) in [6.07, 6.45) is 2.91. The number of aliphatic hydroxyl groups is 2. The Morgan fingerprint density at radius 2 is 1.35 bits per heavy atom. The van der Waals surface area contributed by atoms with Crippen LogP contribution >= 0.6 is 0 Å². The van der Waals surface area contributed by atoms with Crippen LogP contribution in [-0.2, 0) is 4.79 Å². The van der Waals surface area contributed by atoms with Crippen molar-refractivity contribution in [1.29, 1.82) is 0 Å². The highest BCUT2D eigenvalue weighted by molar-refractivity contribution is 6.37. The maximum absolute atomic E-state index is 12.8. The van der Waals surface area contributed by atoms with Gasteiger partial charge >= 0.3 is 0 Å². The summed E-state index contributed by atoms with van der Waals surface area (Å²) in [5.74, 6) is -1.58. The van der Waals surface area contributed by atoms with Crippen LogP contribution in [0.1, 0.15) is 22.5 Å². The number of rotatable bonds is 2. The molecule has 0 spiro atoms. The van der Waals surface area contributed by atoms with E-state index < -0.39 is 11.5 Å². The molecular formula is C15H12N8O3. The van der Waals surface area contributed by atoms with Crippen LogP contribution in [-0.4, -0.2) is 55.6 Å². The summed E-state index contributed by atoms with van der Waals surface area (Å²) >= 11 is 0. The number of aromatic amines is 2. The average Bonchev–Trinajstić information content (AvgIpc) is 3.35. The van der Waals surface area contributed by atoms with E-state index in [1.54, 1.807) is 18.4 Å². The molecule has 11 nitrogen and oxygen atoms in total. The summed E-state index contributed by atoms with van der Waals surface area (Å²) in [5, 5.41) is 42.9. The van der Waals surface area contributed by atoms with Crippen molar-refractivity contribution in [2.24, 2.45) is 0 Å². The Hall–Kier alpha value is -3.89. The van der Waals surface area contributed by atoms with Crippen LogP contribution < -0.4 is 0 Å². The van der Waals surface area contributed by atoms with Crippen molar-refractivity contribution >= 4 is 28.2 Å². The smallest absolute Gasteiger partial charge is 0.232 e. The Bertz CT molecular complexity index is 1300. The second kappa shape index (κ2) is 4.59. The highest BCUT2D eigenvalue weighted by atomic mass is 16.3. The molecule has 0 unspecified atom stereocenters. The Morgan fingerprint density at radius 3 is 1.88 bits per heavy atom. The van der Waals surface area contributed by atoms with Crippen LogP contribution in [0.15, 0.2) is 24.2 Å². The molecule has 0 atom stereocenters. The zero-order chi connectivity index (χ0) is 18.2. The fourth-order valence-electron chi connectivity index (χ4n) is 3.43. The molecule has 0 saturated heterocycles. The molecule has 0 aliphatic heterocycles. The van der Waals surface area contributed by atoms with Crippen molar-refractivity contribution in [3.63, 3.8) is 0 Å². The molecule has 1 aliphatic carbocycles. The number of ketones is 1. The van der Waals surface area contributed by atoms with Crippen molar-refractivity contribution < 1.29 is 15.0 Å². The van der Waals surface area contributed by atoms with Gasteiger partial charge in [-0.1, -0.05) is 0 Å². The number of fused-ring (bicyclic) bond motifs is 2. The molecule has 130 valence electrons. The molecule has 4 N–H and O–H groups in total. The highest BCUT2D eigenvalue weighted by Gasteiger charge is 2.39. The Morgan fingerprint density at radius 1 is 0.846 bits per heavy atom. The fourth-order valence-corrected chi connectivity index (χ4v) is 3.43. The number of nitrogens with zero attached hydrogens (tertiary/aromatic N) is 6. The maximum atomic E-state index is 12.8. The van der Waals surface area contributed by atoms with E-state index >= 15 is 0 Å². The van der Waals surface area contributed by atoms with Crippen LogP contribution in [0, 0.1) is 13.8 Å². The largest absolute Gasteiger partial charge is 0.506 e. The first-order valence-electron chi connectivity index (χ1n) is 7.68. The van der Waals surface area contributed by atoms with Gasteiger partial charge in [0.1, 0.15) is 18.4 Å². The normalized spacial score (nSPS) is 15.4. The zero-order valence-corrected chi connectivity index (χ0v) is 13.6. The molecule has 11 heteroatoms. The lowest BCUT2D eigenvalue weighted by atomic mass is 10.0. The number of carbonyl (C=O) groups excluding carboxylic acids is 1. The third kappa shape index (κ3) is 1.58. The lowest BCUT2D eigenvalue weighted by Crippen LogP contribution is -2.02. The molecule has 0 aromatic carbocycles. The summed E-state index contributed by atoms with van der Waals surface area (Å²) in [4.78, 5) is 12.8. The maximum Gasteiger partial charge on any atom is 0.232 e. The number of carbonyl (C=O) groups is 1. The Kier molecular flexibility index (Phi) is 2.55. The molecular weight excluding hydrogens is 340 g/mol. The van der Waals surface area contributed by atoms with Gasteiger partial charge in [0, 0.05) is 11.4 Å². The first kappa shape index (κ1) is 14.5. The lowest BCUT2D eigenvalue weighted by Gasteiger charge is -2.03. The van der Waals surface area contributed by atoms with E-state index in [4.69, 9.17) is 0 Å². The minimum atomic E-state index is -0.691. The van der Waals surface area contributed by atoms with Crippen LogP contribution in [0.2, 0.25) is 0 Å². The number of nitrogens with one attached hydrogen (secondary N) is 2. The predicted octanol–water partition coefficient (Wildman–Crippen LogP) is 0.866. The molecule has 4 aromatic heterocycles. The molecule has 0 saturated carbocycles. The molecule has 4 heterocycles. The quantitative estimate of drug-likeness (QED) is 0.418. The summed E-state index contributed by atoms with van der Waals surface area (Å²) in [6, 6.07) is 0. The molecule has 26 heavy (non-hydrogen) atoms. The third-order valence-electron chi connectivity index (χ3n) is 4.52.